The molecule has 0 atom stereocenters. The number of amides is 1. The van der Waals surface area contributed by atoms with Gasteiger partial charge in [-0.05, 0) is 19.3 Å². The molecule has 0 saturated carbocycles. The average Bonchev–Trinajstić information content (AvgIpc) is 2.23. The number of aliphatic hydroxyl groups excluding tert-OH is 1. The van der Waals surface area contributed by atoms with Gasteiger partial charge in [-0.15, -0.1) is 0 Å². The summed E-state index contributed by atoms with van der Waals surface area (Å²) in [6, 6.07) is 0. The predicted molar refractivity (Wildman–Crippen MR) is 60.1 cm³/mol. The highest BCUT2D eigenvalue weighted by molar-refractivity contribution is 5.76. The fourth-order valence-electron chi connectivity index (χ4n) is 1.46. The van der Waals surface area contributed by atoms with Crippen LogP contribution in [-0.2, 0) is 9.59 Å². The predicted octanol–water partition coefficient (Wildman–Crippen LogP) is 0.862. The molecule has 16 heavy (non-hydrogen) atoms. The molecular formula is C11H21NO4. The SMILES string of the molecule is CCCN(CCO)C(=O)CCCCC(=O)O. The molecule has 0 aromatic heterocycles. The van der Waals surface area contributed by atoms with Crippen LogP contribution in [0.1, 0.15) is 39.0 Å². The van der Waals surface area contributed by atoms with Crippen molar-refractivity contribution < 1.29 is 19.8 Å². The Morgan fingerprint density at radius 1 is 1.12 bits per heavy atom. The molecule has 0 spiro atoms. The molecule has 1 amide bonds. The maximum absolute atomic E-state index is 11.6. The van der Waals surface area contributed by atoms with E-state index in [1.807, 2.05) is 6.92 Å². The molecule has 5 heteroatoms. The van der Waals surface area contributed by atoms with Gasteiger partial charge in [0.25, 0.3) is 0 Å². The van der Waals surface area contributed by atoms with E-state index >= 15 is 0 Å². The van der Waals surface area contributed by atoms with Gasteiger partial charge in [0, 0.05) is 25.9 Å². The van der Waals surface area contributed by atoms with E-state index < -0.39 is 5.97 Å². The first-order valence-corrected chi connectivity index (χ1v) is 5.72. The van der Waals surface area contributed by atoms with Gasteiger partial charge in [-0.25, -0.2) is 0 Å². The first-order valence-electron chi connectivity index (χ1n) is 5.72. The Kier molecular flexibility index (Phi) is 8.52. The highest BCUT2D eigenvalue weighted by Gasteiger charge is 2.11. The van der Waals surface area contributed by atoms with Gasteiger partial charge in [-0.3, -0.25) is 9.59 Å². The minimum atomic E-state index is -0.826. The number of carboxylic acids is 1. The summed E-state index contributed by atoms with van der Waals surface area (Å²) in [5, 5.41) is 17.2. The zero-order valence-electron chi connectivity index (χ0n) is 9.81. The number of carboxylic acid groups (broad SMARTS) is 1. The van der Waals surface area contributed by atoms with Crippen molar-refractivity contribution in [2.45, 2.75) is 39.0 Å². The standard InChI is InChI=1S/C11H21NO4/c1-2-7-12(8-9-13)10(14)5-3-4-6-11(15)16/h13H,2-9H2,1H3,(H,15,16). The van der Waals surface area contributed by atoms with Gasteiger partial charge in [0.1, 0.15) is 0 Å². The molecule has 0 aromatic rings. The third kappa shape index (κ3) is 7.23. The maximum Gasteiger partial charge on any atom is 0.303 e. The molecule has 0 rings (SSSR count). The lowest BCUT2D eigenvalue weighted by Gasteiger charge is -2.20. The van der Waals surface area contributed by atoms with E-state index in [0.29, 0.717) is 32.4 Å². The number of carbonyl (C=O) groups is 2. The monoisotopic (exact) mass is 231 g/mol. The molecule has 94 valence electrons. The lowest BCUT2D eigenvalue weighted by atomic mass is 10.2. The van der Waals surface area contributed by atoms with Crippen molar-refractivity contribution in [2.75, 3.05) is 19.7 Å². The minimum absolute atomic E-state index is 0.00119. The lowest BCUT2D eigenvalue weighted by molar-refractivity contribution is -0.137. The maximum atomic E-state index is 11.6. The Hall–Kier alpha value is -1.10. The molecule has 5 nitrogen and oxygen atoms in total. The van der Waals surface area contributed by atoms with Gasteiger partial charge in [0.2, 0.25) is 5.91 Å². The number of aliphatic carboxylic acids is 1. The van der Waals surface area contributed by atoms with Crippen LogP contribution in [-0.4, -0.2) is 46.7 Å². The number of hydrogen-bond donors (Lipinski definition) is 2. The van der Waals surface area contributed by atoms with Crippen LogP contribution in [0.25, 0.3) is 0 Å². The Morgan fingerprint density at radius 2 is 1.75 bits per heavy atom. The molecule has 2 N–H and O–H groups in total. The number of aliphatic hydroxyl groups is 1. The molecule has 0 heterocycles. The van der Waals surface area contributed by atoms with E-state index in [0.717, 1.165) is 6.42 Å². The van der Waals surface area contributed by atoms with Crippen molar-refractivity contribution >= 4 is 11.9 Å². The lowest BCUT2D eigenvalue weighted by Crippen LogP contribution is -2.34. The van der Waals surface area contributed by atoms with E-state index in [4.69, 9.17) is 10.2 Å². The average molecular weight is 231 g/mol. The first-order chi connectivity index (χ1) is 7.61. The summed E-state index contributed by atoms with van der Waals surface area (Å²) in [7, 11) is 0. The van der Waals surface area contributed by atoms with Crippen molar-refractivity contribution in [1.82, 2.24) is 4.90 Å². The van der Waals surface area contributed by atoms with Gasteiger partial charge >= 0.3 is 5.97 Å². The molecule has 0 fully saturated rings. The van der Waals surface area contributed by atoms with Gasteiger partial charge in [0.15, 0.2) is 0 Å². The second-order valence-electron chi connectivity index (χ2n) is 3.71. The minimum Gasteiger partial charge on any atom is -0.481 e. The number of carbonyl (C=O) groups excluding carboxylic acids is 1. The number of unbranched alkanes of at least 4 members (excludes halogenated alkanes) is 1. The molecular weight excluding hydrogens is 210 g/mol. The third-order valence-corrected chi connectivity index (χ3v) is 2.25. The van der Waals surface area contributed by atoms with Gasteiger partial charge in [0.05, 0.1) is 6.61 Å². The van der Waals surface area contributed by atoms with E-state index in [1.165, 1.54) is 0 Å². The molecule has 0 aromatic carbocycles. The van der Waals surface area contributed by atoms with Crippen molar-refractivity contribution in [2.24, 2.45) is 0 Å². The normalized spacial score (nSPS) is 10.1. The largest absolute Gasteiger partial charge is 0.481 e. The van der Waals surface area contributed by atoms with Crippen molar-refractivity contribution in [3.63, 3.8) is 0 Å². The quantitative estimate of drug-likeness (QED) is 0.577. The van der Waals surface area contributed by atoms with E-state index in [2.05, 4.69) is 0 Å². The first kappa shape index (κ1) is 14.9. The topological polar surface area (TPSA) is 77.8 Å². The number of hydrogen-bond acceptors (Lipinski definition) is 3. The van der Waals surface area contributed by atoms with Crippen molar-refractivity contribution in [3.8, 4) is 0 Å². The summed E-state index contributed by atoms with van der Waals surface area (Å²) < 4.78 is 0. The zero-order chi connectivity index (χ0) is 12.4. The van der Waals surface area contributed by atoms with Crippen LogP contribution >= 0.6 is 0 Å². The molecule has 0 radical (unpaired) electrons. The van der Waals surface area contributed by atoms with Crippen molar-refractivity contribution in [3.05, 3.63) is 0 Å². The smallest absolute Gasteiger partial charge is 0.303 e. The molecule has 0 aliphatic heterocycles. The van der Waals surface area contributed by atoms with Crippen LogP contribution in [0.3, 0.4) is 0 Å². The van der Waals surface area contributed by atoms with Gasteiger partial charge < -0.3 is 15.1 Å². The fraction of sp³-hybridized carbons (Fsp3) is 0.818. The second-order valence-corrected chi connectivity index (χ2v) is 3.71. The number of rotatable bonds is 9. The highest BCUT2D eigenvalue weighted by atomic mass is 16.4. The molecule has 0 saturated heterocycles. The zero-order valence-corrected chi connectivity index (χ0v) is 9.81. The Bertz CT molecular complexity index is 212. The molecule has 0 aliphatic carbocycles. The number of nitrogens with zero attached hydrogens (tertiary/aromatic N) is 1. The van der Waals surface area contributed by atoms with Crippen LogP contribution in [0.15, 0.2) is 0 Å². The molecule has 0 unspecified atom stereocenters. The summed E-state index contributed by atoms with van der Waals surface area (Å²) in [4.78, 5) is 23.5. The van der Waals surface area contributed by atoms with Crippen LogP contribution in [0.2, 0.25) is 0 Å². The second kappa shape index (κ2) is 9.15. The van der Waals surface area contributed by atoms with Crippen LogP contribution in [0.4, 0.5) is 0 Å². The van der Waals surface area contributed by atoms with E-state index in [1.54, 1.807) is 4.90 Å². The van der Waals surface area contributed by atoms with E-state index in [9.17, 15) is 9.59 Å². The Balaban J connectivity index is 3.77. The summed E-state index contributed by atoms with van der Waals surface area (Å²) in [5.41, 5.74) is 0. The van der Waals surface area contributed by atoms with Gasteiger partial charge in [-0.2, -0.15) is 0 Å². The van der Waals surface area contributed by atoms with Crippen LogP contribution in [0.5, 0.6) is 0 Å². The molecule has 0 aliphatic rings. The third-order valence-electron chi connectivity index (χ3n) is 2.25. The summed E-state index contributed by atoms with van der Waals surface area (Å²) >= 11 is 0. The van der Waals surface area contributed by atoms with Crippen LogP contribution in [0, 0.1) is 0 Å². The van der Waals surface area contributed by atoms with Crippen LogP contribution < -0.4 is 0 Å². The van der Waals surface area contributed by atoms with Gasteiger partial charge in [-0.1, -0.05) is 6.92 Å². The fourth-order valence-corrected chi connectivity index (χ4v) is 1.46. The summed E-state index contributed by atoms with van der Waals surface area (Å²) in [5.74, 6) is -0.825. The highest BCUT2D eigenvalue weighted by Crippen LogP contribution is 2.04. The van der Waals surface area contributed by atoms with Crippen molar-refractivity contribution in [1.29, 1.82) is 0 Å². The summed E-state index contributed by atoms with van der Waals surface area (Å²) in [6.45, 7) is 2.97. The molecule has 0 bridgehead atoms. The Morgan fingerprint density at radius 3 is 2.25 bits per heavy atom. The van der Waals surface area contributed by atoms with E-state index in [-0.39, 0.29) is 18.9 Å². The Labute approximate surface area is 96.1 Å². The summed E-state index contributed by atoms with van der Waals surface area (Å²) in [6.07, 6.45) is 2.46.